The predicted octanol–water partition coefficient (Wildman–Crippen LogP) is 2.67. The van der Waals surface area contributed by atoms with E-state index < -0.39 is 28.4 Å². The molecule has 0 unspecified atom stereocenters. The molecule has 8 heteroatoms. The number of ketones is 1. The molecular formula is C17H14N2O6. The van der Waals surface area contributed by atoms with Gasteiger partial charge in [0.2, 0.25) is 0 Å². The van der Waals surface area contributed by atoms with E-state index in [1.165, 1.54) is 36.3 Å². The molecular weight excluding hydrogens is 328 g/mol. The maximum atomic E-state index is 12.4. The Balaban J connectivity index is 2.09. The van der Waals surface area contributed by atoms with Gasteiger partial charge in [-0.2, -0.15) is 0 Å². The molecule has 0 bridgehead atoms. The first-order chi connectivity index (χ1) is 11.9. The number of hydrogen-bond donors (Lipinski definition) is 1. The summed E-state index contributed by atoms with van der Waals surface area (Å²) in [6.07, 6.45) is 1.44. The number of benzene rings is 1. The molecule has 1 aromatic carbocycles. The minimum atomic E-state index is -0.921. The summed E-state index contributed by atoms with van der Waals surface area (Å²) in [5.74, 6) is -1.39. The average Bonchev–Trinajstić information content (AvgIpc) is 3.17. The lowest BCUT2D eigenvalue weighted by Crippen LogP contribution is -2.30. The van der Waals surface area contributed by atoms with E-state index in [-0.39, 0.29) is 17.8 Å². The number of rotatable bonds is 5. The zero-order chi connectivity index (χ0) is 18.1. The first kappa shape index (κ1) is 16.4. The fourth-order valence-corrected chi connectivity index (χ4v) is 2.90. The Morgan fingerprint density at radius 3 is 2.72 bits per heavy atom. The van der Waals surface area contributed by atoms with Gasteiger partial charge in [-0.15, -0.1) is 0 Å². The highest BCUT2D eigenvalue weighted by Gasteiger charge is 2.43. The van der Waals surface area contributed by atoms with Gasteiger partial charge in [-0.25, -0.2) is 0 Å². The molecule has 8 nitrogen and oxygen atoms in total. The molecule has 2 aromatic rings. The minimum Gasteiger partial charge on any atom is -0.503 e. The smallest absolute Gasteiger partial charge is 0.290 e. The van der Waals surface area contributed by atoms with Gasteiger partial charge < -0.3 is 14.4 Å². The Kier molecular flexibility index (Phi) is 4.10. The summed E-state index contributed by atoms with van der Waals surface area (Å²) < 4.78 is 5.23. The summed E-state index contributed by atoms with van der Waals surface area (Å²) in [5, 5.41) is 21.2. The van der Waals surface area contributed by atoms with Crippen LogP contribution in [-0.4, -0.2) is 26.6 Å². The first-order valence-corrected chi connectivity index (χ1v) is 7.42. The Labute approximate surface area is 142 Å². The van der Waals surface area contributed by atoms with Crippen LogP contribution in [0.5, 0.6) is 0 Å². The fourth-order valence-electron chi connectivity index (χ4n) is 2.90. The van der Waals surface area contributed by atoms with Gasteiger partial charge in [0.05, 0.1) is 29.3 Å². The number of aliphatic hydroxyl groups is 1. The summed E-state index contributed by atoms with van der Waals surface area (Å²) in [6, 6.07) is 8.02. The zero-order valence-corrected chi connectivity index (χ0v) is 13.2. The van der Waals surface area contributed by atoms with Gasteiger partial charge in [-0.3, -0.25) is 19.7 Å². The normalized spacial score (nSPS) is 17.2. The lowest BCUT2D eigenvalue weighted by Gasteiger charge is -2.25. The zero-order valence-electron chi connectivity index (χ0n) is 13.2. The number of non-ortho nitro benzene ring substituents is 1. The van der Waals surface area contributed by atoms with Gasteiger partial charge in [-0.05, 0) is 24.6 Å². The highest BCUT2D eigenvalue weighted by Crippen LogP contribution is 2.39. The maximum absolute atomic E-state index is 12.4. The third kappa shape index (κ3) is 2.89. The molecule has 0 saturated heterocycles. The van der Waals surface area contributed by atoms with Crippen LogP contribution in [0.1, 0.15) is 24.3 Å². The maximum Gasteiger partial charge on any atom is 0.290 e. The Hall–Kier alpha value is -3.42. The molecule has 0 spiro atoms. The van der Waals surface area contributed by atoms with Gasteiger partial charge in [-0.1, -0.05) is 12.1 Å². The van der Waals surface area contributed by atoms with E-state index in [1.807, 2.05) is 0 Å². The molecule has 25 heavy (non-hydrogen) atoms. The van der Waals surface area contributed by atoms with E-state index in [0.717, 1.165) is 0 Å². The Morgan fingerprint density at radius 1 is 1.36 bits per heavy atom. The predicted molar refractivity (Wildman–Crippen MR) is 85.4 cm³/mol. The number of amides is 1. The highest BCUT2D eigenvalue weighted by molar-refractivity contribution is 6.08. The SMILES string of the molecule is CC(=O)C1=C(O)C(=O)N(Cc2ccco2)[C@H]1c1cccc([N+](=O)[O-])c1. The third-order valence-corrected chi connectivity index (χ3v) is 3.99. The molecule has 1 amide bonds. The molecule has 2 heterocycles. The summed E-state index contributed by atoms with van der Waals surface area (Å²) in [5.41, 5.74) is 0.109. The van der Waals surface area contributed by atoms with Crippen molar-refractivity contribution in [2.75, 3.05) is 0 Å². The molecule has 0 radical (unpaired) electrons. The van der Waals surface area contributed by atoms with Crippen LogP contribution in [-0.2, 0) is 16.1 Å². The van der Waals surface area contributed by atoms with Crippen molar-refractivity contribution < 1.29 is 24.0 Å². The topological polar surface area (TPSA) is 114 Å². The van der Waals surface area contributed by atoms with Crippen molar-refractivity contribution in [1.29, 1.82) is 0 Å². The second-order valence-corrected chi connectivity index (χ2v) is 5.59. The highest BCUT2D eigenvalue weighted by atomic mass is 16.6. The van der Waals surface area contributed by atoms with E-state index in [0.29, 0.717) is 11.3 Å². The van der Waals surface area contributed by atoms with Gasteiger partial charge in [0.25, 0.3) is 11.6 Å². The Bertz CT molecular complexity index is 884. The molecule has 1 aromatic heterocycles. The molecule has 1 atom stereocenters. The summed E-state index contributed by atoms with van der Waals surface area (Å²) >= 11 is 0. The van der Waals surface area contributed by atoms with Crippen LogP contribution in [0.25, 0.3) is 0 Å². The van der Waals surface area contributed by atoms with Gasteiger partial charge >= 0.3 is 0 Å². The van der Waals surface area contributed by atoms with Crippen molar-refractivity contribution in [2.45, 2.75) is 19.5 Å². The second-order valence-electron chi connectivity index (χ2n) is 5.59. The van der Waals surface area contributed by atoms with E-state index >= 15 is 0 Å². The molecule has 128 valence electrons. The van der Waals surface area contributed by atoms with E-state index in [9.17, 15) is 24.8 Å². The number of aliphatic hydroxyl groups excluding tert-OH is 1. The van der Waals surface area contributed by atoms with Crippen LogP contribution >= 0.6 is 0 Å². The van der Waals surface area contributed by atoms with Gasteiger partial charge in [0.1, 0.15) is 5.76 Å². The van der Waals surface area contributed by atoms with E-state index in [2.05, 4.69) is 0 Å². The third-order valence-electron chi connectivity index (χ3n) is 3.99. The second kappa shape index (κ2) is 6.23. The molecule has 1 aliphatic heterocycles. The Morgan fingerprint density at radius 2 is 2.12 bits per heavy atom. The summed E-state index contributed by atoms with van der Waals surface area (Å²) in [4.78, 5) is 36.2. The molecule has 0 saturated carbocycles. The average molecular weight is 342 g/mol. The molecule has 0 fully saturated rings. The van der Waals surface area contributed by atoms with Crippen LogP contribution in [0.2, 0.25) is 0 Å². The van der Waals surface area contributed by atoms with Gasteiger partial charge in [0.15, 0.2) is 11.5 Å². The lowest BCUT2D eigenvalue weighted by molar-refractivity contribution is -0.384. The minimum absolute atomic E-state index is 0.0139. The monoisotopic (exact) mass is 342 g/mol. The van der Waals surface area contributed by atoms with Crippen molar-refractivity contribution in [1.82, 2.24) is 4.90 Å². The van der Waals surface area contributed by atoms with Crippen molar-refractivity contribution in [2.24, 2.45) is 0 Å². The largest absolute Gasteiger partial charge is 0.503 e. The summed E-state index contributed by atoms with van der Waals surface area (Å²) in [6.45, 7) is 1.25. The van der Waals surface area contributed by atoms with Crippen molar-refractivity contribution in [3.63, 3.8) is 0 Å². The standard InChI is InChI=1S/C17H14N2O6/c1-10(20)14-15(11-4-2-5-12(8-11)19(23)24)18(17(22)16(14)21)9-13-6-3-7-25-13/h2-8,15,21H,9H2,1H3/t15-/m0/s1. The number of carbonyl (C=O) groups is 2. The summed E-state index contributed by atoms with van der Waals surface area (Å²) in [7, 11) is 0. The number of nitro benzene ring substituents is 1. The number of hydrogen-bond acceptors (Lipinski definition) is 6. The number of nitrogens with zero attached hydrogens (tertiary/aromatic N) is 2. The van der Waals surface area contributed by atoms with Crippen LogP contribution in [0.15, 0.2) is 58.4 Å². The van der Waals surface area contributed by atoms with Crippen LogP contribution < -0.4 is 0 Å². The number of carbonyl (C=O) groups excluding carboxylic acids is 2. The lowest BCUT2D eigenvalue weighted by atomic mass is 9.96. The van der Waals surface area contributed by atoms with E-state index in [1.54, 1.807) is 18.2 Å². The van der Waals surface area contributed by atoms with Crippen molar-refractivity contribution in [3.05, 3.63) is 75.4 Å². The van der Waals surface area contributed by atoms with Crippen LogP contribution in [0.4, 0.5) is 5.69 Å². The van der Waals surface area contributed by atoms with Crippen LogP contribution in [0, 0.1) is 10.1 Å². The number of furan rings is 1. The fraction of sp³-hybridized carbons (Fsp3) is 0.176. The molecule has 1 aliphatic rings. The molecule has 0 aliphatic carbocycles. The quantitative estimate of drug-likeness (QED) is 0.660. The molecule has 3 rings (SSSR count). The number of Topliss-reactive ketones (excluding diaryl/α,β-unsaturated/α-hetero) is 1. The van der Waals surface area contributed by atoms with Crippen LogP contribution in [0.3, 0.4) is 0 Å². The van der Waals surface area contributed by atoms with E-state index in [4.69, 9.17) is 4.42 Å². The van der Waals surface area contributed by atoms with Crippen molar-refractivity contribution >= 4 is 17.4 Å². The van der Waals surface area contributed by atoms with Crippen molar-refractivity contribution in [3.8, 4) is 0 Å². The van der Waals surface area contributed by atoms with Gasteiger partial charge in [0, 0.05) is 12.1 Å². The first-order valence-electron chi connectivity index (χ1n) is 7.42. The molecule has 1 N–H and O–H groups in total. The number of nitro groups is 1.